The molecule has 2 aromatic rings. The molecule has 3 heterocycles. The molecule has 4 rings (SSSR count). The summed E-state index contributed by atoms with van der Waals surface area (Å²) in [7, 11) is 0. The van der Waals surface area contributed by atoms with Crippen molar-refractivity contribution in [2.24, 2.45) is 17.8 Å². The van der Waals surface area contributed by atoms with Gasteiger partial charge in [-0.15, -0.1) is 0 Å². The second-order valence-electron chi connectivity index (χ2n) is 6.47. The Labute approximate surface area is 146 Å². The van der Waals surface area contributed by atoms with Crippen LogP contribution in [0.1, 0.15) is 12.2 Å². The average molecular weight is 393 g/mol. The number of amides is 2. The minimum Gasteiger partial charge on any atom is -0.465 e. The van der Waals surface area contributed by atoms with E-state index in [9.17, 15) is 9.59 Å². The fourth-order valence-electron chi connectivity index (χ4n) is 3.93. The van der Waals surface area contributed by atoms with Crippen molar-refractivity contribution in [3.8, 4) is 0 Å². The van der Waals surface area contributed by atoms with Gasteiger partial charge < -0.3 is 19.7 Å². The zero-order valence-electron chi connectivity index (χ0n) is 12.9. The summed E-state index contributed by atoms with van der Waals surface area (Å²) < 4.78 is 2.90. The van der Waals surface area contributed by atoms with Crippen LogP contribution in [-0.2, 0) is 11.3 Å². The molecule has 1 aliphatic carbocycles. The van der Waals surface area contributed by atoms with Crippen molar-refractivity contribution in [1.29, 1.82) is 0 Å². The number of carbonyl (C=O) groups is 2. The molecule has 2 amide bonds. The van der Waals surface area contributed by atoms with Crippen LogP contribution in [0.2, 0.25) is 0 Å². The van der Waals surface area contributed by atoms with E-state index in [2.05, 4.69) is 26.2 Å². The van der Waals surface area contributed by atoms with Crippen molar-refractivity contribution in [2.75, 3.05) is 13.1 Å². The van der Waals surface area contributed by atoms with E-state index in [1.165, 1.54) is 4.90 Å². The van der Waals surface area contributed by atoms with Crippen molar-refractivity contribution in [3.63, 3.8) is 0 Å². The smallest absolute Gasteiger partial charge is 0.407 e. The molecule has 1 saturated heterocycles. The summed E-state index contributed by atoms with van der Waals surface area (Å²) in [5.41, 5.74) is 0.958. The van der Waals surface area contributed by atoms with E-state index in [1.54, 1.807) is 6.20 Å². The first-order chi connectivity index (χ1) is 11.5. The number of aromatic nitrogens is 2. The Hall–Kier alpha value is -2.09. The number of hydrogen-bond acceptors (Lipinski definition) is 3. The largest absolute Gasteiger partial charge is 0.465 e. The number of likely N-dealkylation sites (tertiary alicyclic amines) is 1. The molecule has 126 valence electrons. The molecule has 24 heavy (non-hydrogen) atoms. The van der Waals surface area contributed by atoms with Gasteiger partial charge in [-0.25, -0.2) is 9.78 Å². The highest BCUT2D eigenvalue weighted by Gasteiger charge is 2.51. The average Bonchev–Trinajstić information content (AvgIpc) is 2.97. The number of nitrogens with zero attached hydrogens (tertiary/aromatic N) is 3. The summed E-state index contributed by atoms with van der Waals surface area (Å²) in [6.45, 7) is 1.29. The first-order valence-electron chi connectivity index (χ1n) is 7.90. The Morgan fingerprint density at radius 2 is 2.12 bits per heavy atom. The third kappa shape index (κ3) is 2.45. The van der Waals surface area contributed by atoms with Gasteiger partial charge >= 0.3 is 6.09 Å². The SMILES string of the molecule is O=C(NCc1ncc2c(Br)cccn12)C1[C@@H]2C[C@H]1CN(C(=O)O)C2. The molecule has 7 nitrogen and oxygen atoms in total. The quantitative estimate of drug-likeness (QED) is 0.835. The van der Waals surface area contributed by atoms with Crippen LogP contribution in [0.4, 0.5) is 4.79 Å². The van der Waals surface area contributed by atoms with Crippen molar-refractivity contribution in [2.45, 2.75) is 13.0 Å². The summed E-state index contributed by atoms with van der Waals surface area (Å²) in [6, 6.07) is 3.87. The number of pyridine rings is 1. The predicted octanol–water partition coefficient (Wildman–Crippen LogP) is 1.96. The van der Waals surface area contributed by atoms with Crippen LogP contribution in [-0.4, -0.2) is 44.5 Å². The van der Waals surface area contributed by atoms with E-state index in [-0.39, 0.29) is 23.7 Å². The van der Waals surface area contributed by atoms with Crippen LogP contribution in [0, 0.1) is 17.8 Å². The summed E-state index contributed by atoms with van der Waals surface area (Å²) >= 11 is 3.48. The van der Waals surface area contributed by atoms with E-state index in [4.69, 9.17) is 5.11 Å². The molecule has 0 radical (unpaired) electrons. The van der Waals surface area contributed by atoms with E-state index >= 15 is 0 Å². The Balaban J connectivity index is 1.41. The highest BCUT2D eigenvalue weighted by molar-refractivity contribution is 9.10. The maximum absolute atomic E-state index is 12.5. The molecular formula is C16H17BrN4O3. The van der Waals surface area contributed by atoms with Crippen LogP contribution in [0.5, 0.6) is 0 Å². The van der Waals surface area contributed by atoms with Gasteiger partial charge in [0.2, 0.25) is 5.91 Å². The summed E-state index contributed by atoms with van der Waals surface area (Å²) in [4.78, 5) is 29.3. The van der Waals surface area contributed by atoms with E-state index < -0.39 is 6.09 Å². The number of fused-ring (bicyclic) bond motifs is 3. The molecule has 2 fully saturated rings. The van der Waals surface area contributed by atoms with Gasteiger partial charge in [0.25, 0.3) is 0 Å². The summed E-state index contributed by atoms with van der Waals surface area (Å²) in [5.74, 6) is 1.000. The number of carbonyl (C=O) groups excluding carboxylic acids is 1. The Bertz CT molecular complexity index is 809. The predicted molar refractivity (Wildman–Crippen MR) is 89.4 cm³/mol. The molecule has 2 N–H and O–H groups in total. The summed E-state index contributed by atoms with van der Waals surface area (Å²) in [6.07, 6.45) is 3.74. The topological polar surface area (TPSA) is 86.9 Å². The first kappa shape index (κ1) is 15.4. The zero-order valence-corrected chi connectivity index (χ0v) is 14.4. The van der Waals surface area contributed by atoms with Gasteiger partial charge in [0, 0.05) is 29.7 Å². The molecule has 3 atom stereocenters. The van der Waals surface area contributed by atoms with Gasteiger partial charge in [0.15, 0.2) is 0 Å². The van der Waals surface area contributed by atoms with Crippen molar-refractivity contribution in [1.82, 2.24) is 19.6 Å². The third-order valence-electron chi connectivity index (χ3n) is 5.12. The van der Waals surface area contributed by atoms with Gasteiger partial charge in [-0.1, -0.05) is 0 Å². The number of carboxylic acid groups (broad SMARTS) is 1. The van der Waals surface area contributed by atoms with Crippen LogP contribution in [0.3, 0.4) is 0 Å². The number of imidazole rings is 1. The van der Waals surface area contributed by atoms with Crippen molar-refractivity contribution < 1.29 is 14.7 Å². The van der Waals surface area contributed by atoms with Gasteiger partial charge in [0.1, 0.15) is 5.82 Å². The maximum Gasteiger partial charge on any atom is 0.407 e. The van der Waals surface area contributed by atoms with E-state index in [1.807, 2.05) is 22.7 Å². The summed E-state index contributed by atoms with van der Waals surface area (Å²) in [5, 5.41) is 12.0. The minimum absolute atomic E-state index is 0.00744. The van der Waals surface area contributed by atoms with Crippen molar-refractivity contribution in [3.05, 3.63) is 34.8 Å². The molecule has 2 aromatic heterocycles. The van der Waals surface area contributed by atoms with Crippen LogP contribution < -0.4 is 5.32 Å². The lowest BCUT2D eigenvalue weighted by atomic mass is 9.61. The number of hydrogen-bond donors (Lipinski definition) is 2. The first-order valence-corrected chi connectivity index (χ1v) is 8.70. The Morgan fingerprint density at radius 1 is 1.38 bits per heavy atom. The maximum atomic E-state index is 12.5. The number of piperidine rings is 2. The van der Waals surface area contributed by atoms with Gasteiger partial charge in [-0.05, 0) is 46.3 Å². The Kier molecular flexibility index (Phi) is 3.71. The molecular weight excluding hydrogens is 376 g/mol. The normalized spacial score (nSPS) is 25.4. The molecule has 1 saturated carbocycles. The third-order valence-corrected chi connectivity index (χ3v) is 5.79. The fourth-order valence-corrected chi connectivity index (χ4v) is 4.37. The molecule has 1 unspecified atom stereocenters. The number of halogens is 1. The highest BCUT2D eigenvalue weighted by atomic mass is 79.9. The second kappa shape index (κ2) is 5.77. The van der Waals surface area contributed by atoms with Crippen LogP contribution in [0.15, 0.2) is 29.0 Å². The van der Waals surface area contributed by atoms with Gasteiger partial charge in [0.05, 0.1) is 18.3 Å². The lowest BCUT2D eigenvalue weighted by Gasteiger charge is -2.51. The van der Waals surface area contributed by atoms with Crippen LogP contribution >= 0.6 is 15.9 Å². The van der Waals surface area contributed by atoms with E-state index in [0.29, 0.717) is 19.6 Å². The molecule has 0 aromatic carbocycles. The second-order valence-corrected chi connectivity index (χ2v) is 7.33. The Morgan fingerprint density at radius 3 is 2.83 bits per heavy atom. The van der Waals surface area contributed by atoms with Crippen molar-refractivity contribution >= 4 is 33.4 Å². The standard InChI is InChI=1S/C16H17BrN4O3/c17-11-2-1-3-21-12(11)5-18-13(21)6-19-15(22)14-9-4-10(14)8-20(7-9)16(23)24/h1-3,5,9-10,14H,4,6-8H2,(H,19,22)(H,23,24)/t9-,10+,14?. The van der Waals surface area contributed by atoms with E-state index in [0.717, 1.165) is 22.2 Å². The zero-order chi connectivity index (χ0) is 16.8. The molecule has 1 aliphatic heterocycles. The minimum atomic E-state index is -0.891. The van der Waals surface area contributed by atoms with Gasteiger partial charge in [-0.2, -0.15) is 0 Å². The molecule has 2 aliphatic rings. The van der Waals surface area contributed by atoms with Crippen LogP contribution in [0.25, 0.3) is 5.52 Å². The molecule has 0 spiro atoms. The lowest BCUT2D eigenvalue weighted by molar-refractivity contribution is -0.140. The fraction of sp³-hybridized carbons (Fsp3) is 0.438. The highest BCUT2D eigenvalue weighted by Crippen LogP contribution is 2.45. The number of rotatable bonds is 3. The number of nitrogens with one attached hydrogen (secondary N) is 1. The lowest BCUT2D eigenvalue weighted by Crippen LogP contribution is -2.60. The molecule has 8 heteroatoms. The van der Waals surface area contributed by atoms with Gasteiger partial charge in [-0.3, -0.25) is 4.79 Å². The monoisotopic (exact) mass is 392 g/mol. The molecule has 2 bridgehead atoms.